The van der Waals surface area contributed by atoms with Gasteiger partial charge in [0, 0.05) is 12.6 Å². The highest BCUT2D eigenvalue weighted by atomic mass is 16.5. The SMILES string of the molecule is CCCNCC(CCC)Oc1cccc(OC)c1. The Kier molecular flexibility index (Phi) is 7.26. The molecule has 0 spiro atoms. The Bertz CT molecular complexity index is 328. The van der Waals surface area contributed by atoms with Gasteiger partial charge in [0.2, 0.25) is 0 Å². The van der Waals surface area contributed by atoms with Crippen LogP contribution in [0.15, 0.2) is 24.3 Å². The molecule has 0 fully saturated rings. The Morgan fingerprint density at radius 3 is 2.61 bits per heavy atom. The maximum atomic E-state index is 6.00. The summed E-state index contributed by atoms with van der Waals surface area (Å²) in [7, 11) is 1.67. The van der Waals surface area contributed by atoms with Gasteiger partial charge in [-0.05, 0) is 31.5 Å². The van der Waals surface area contributed by atoms with E-state index in [1.165, 1.54) is 0 Å². The number of benzene rings is 1. The zero-order chi connectivity index (χ0) is 13.2. The summed E-state index contributed by atoms with van der Waals surface area (Å²) in [6.07, 6.45) is 3.57. The fourth-order valence-corrected chi connectivity index (χ4v) is 1.83. The minimum atomic E-state index is 0.230. The number of nitrogens with one attached hydrogen (secondary N) is 1. The van der Waals surface area contributed by atoms with Crippen molar-refractivity contribution in [1.82, 2.24) is 5.32 Å². The van der Waals surface area contributed by atoms with E-state index in [2.05, 4.69) is 19.2 Å². The van der Waals surface area contributed by atoms with Crippen LogP contribution in [0.4, 0.5) is 0 Å². The van der Waals surface area contributed by atoms with Crippen molar-refractivity contribution >= 4 is 0 Å². The molecule has 0 bridgehead atoms. The predicted octanol–water partition coefficient (Wildman–Crippen LogP) is 3.24. The number of rotatable bonds is 9. The number of hydrogen-bond acceptors (Lipinski definition) is 3. The number of methoxy groups -OCH3 is 1. The van der Waals surface area contributed by atoms with Gasteiger partial charge in [0.15, 0.2) is 0 Å². The second-order valence-corrected chi connectivity index (χ2v) is 4.41. The largest absolute Gasteiger partial charge is 0.497 e. The Morgan fingerprint density at radius 2 is 1.94 bits per heavy atom. The van der Waals surface area contributed by atoms with Gasteiger partial charge in [0.05, 0.1) is 7.11 Å². The van der Waals surface area contributed by atoms with E-state index >= 15 is 0 Å². The molecular weight excluding hydrogens is 226 g/mol. The van der Waals surface area contributed by atoms with Crippen molar-refractivity contribution in [2.45, 2.75) is 39.2 Å². The van der Waals surface area contributed by atoms with E-state index in [4.69, 9.17) is 9.47 Å². The van der Waals surface area contributed by atoms with Crippen LogP contribution in [0, 0.1) is 0 Å². The third-order valence-corrected chi connectivity index (χ3v) is 2.75. The van der Waals surface area contributed by atoms with Crippen molar-refractivity contribution in [2.24, 2.45) is 0 Å². The Labute approximate surface area is 110 Å². The Balaban J connectivity index is 2.52. The zero-order valence-corrected chi connectivity index (χ0v) is 11.7. The number of ether oxygens (including phenoxy) is 2. The lowest BCUT2D eigenvalue weighted by Gasteiger charge is -2.19. The molecule has 0 aliphatic carbocycles. The van der Waals surface area contributed by atoms with E-state index in [1.54, 1.807) is 7.11 Å². The summed E-state index contributed by atoms with van der Waals surface area (Å²) in [5.41, 5.74) is 0. The molecule has 1 aromatic rings. The minimum absolute atomic E-state index is 0.230. The van der Waals surface area contributed by atoms with Gasteiger partial charge >= 0.3 is 0 Å². The van der Waals surface area contributed by atoms with Crippen molar-refractivity contribution in [3.05, 3.63) is 24.3 Å². The van der Waals surface area contributed by atoms with Crippen molar-refractivity contribution in [2.75, 3.05) is 20.2 Å². The van der Waals surface area contributed by atoms with Gasteiger partial charge in [-0.15, -0.1) is 0 Å². The van der Waals surface area contributed by atoms with Crippen molar-refractivity contribution < 1.29 is 9.47 Å². The maximum absolute atomic E-state index is 6.00. The van der Waals surface area contributed by atoms with Crippen LogP contribution in [0.3, 0.4) is 0 Å². The van der Waals surface area contributed by atoms with Crippen LogP contribution in [0.5, 0.6) is 11.5 Å². The van der Waals surface area contributed by atoms with E-state index < -0.39 is 0 Å². The fraction of sp³-hybridized carbons (Fsp3) is 0.600. The summed E-state index contributed by atoms with van der Waals surface area (Å²) < 4.78 is 11.2. The maximum Gasteiger partial charge on any atom is 0.123 e. The van der Waals surface area contributed by atoms with Crippen molar-refractivity contribution in [3.63, 3.8) is 0 Å². The minimum Gasteiger partial charge on any atom is -0.497 e. The van der Waals surface area contributed by atoms with Crippen LogP contribution in [-0.2, 0) is 0 Å². The molecule has 0 radical (unpaired) electrons. The van der Waals surface area contributed by atoms with Gasteiger partial charge in [-0.25, -0.2) is 0 Å². The third-order valence-electron chi connectivity index (χ3n) is 2.75. The Hall–Kier alpha value is -1.22. The molecule has 1 unspecified atom stereocenters. The van der Waals surface area contributed by atoms with E-state index in [0.717, 1.165) is 43.9 Å². The first-order valence-corrected chi connectivity index (χ1v) is 6.81. The second-order valence-electron chi connectivity index (χ2n) is 4.41. The van der Waals surface area contributed by atoms with Crippen LogP contribution in [0.25, 0.3) is 0 Å². The summed E-state index contributed by atoms with van der Waals surface area (Å²) in [6.45, 7) is 6.30. The molecule has 3 heteroatoms. The van der Waals surface area contributed by atoms with Crippen molar-refractivity contribution in [3.8, 4) is 11.5 Å². The quantitative estimate of drug-likeness (QED) is 0.683. The molecule has 0 saturated heterocycles. The molecule has 18 heavy (non-hydrogen) atoms. The first-order chi connectivity index (χ1) is 8.80. The molecule has 3 nitrogen and oxygen atoms in total. The smallest absolute Gasteiger partial charge is 0.123 e. The van der Waals surface area contributed by atoms with E-state index in [0.29, 0.717) is 0 Å². The summed E-state index contributed by atoms with van der Waals surface area (Å²) in [6, 6.07) is 7.79. The van der Waals surface area contributed by atoms with Crippen LogP contribution in [0.2, 0.25) is 0 Å². The molecule has 0 heterocycles. The average Bonchev–Trinajstić information content (AvgIpc) is 2.39. The van der Waals surface area contributed by atoms with Gasteiger partial charge < -0.3 is 14.8 Å². The lowest BCUT2D eigenvalue weighted by Crippen LogP contribution is -2.31. The molecule has 0 saturated carbocycles. The highest BCUT2D eigenvalue weighted by Gasteiger charge is 2.09. The molecule has 0 aromatic heterocycles. The molecule has 1 rings (SSSR count). The summed E-state index contributed by atoms with van der Waals surface area (Å²) in [5.74, 6) is 1.72. The molecule has 0 aliphatic heterocycles. The van der Waals surface area contributed by atoms with Gasteiger partial charge in [0.25, 0.3) is 0 Å². The standard InChI is InChI=1S/C15H25NO2/c1-4-7-15(12-16-10-5-2)18-14-9-6-8-13(11-14)17-3/h6,8-9,11,15-16H,4-5,7,10,12H2,1-3H3. The predicted molar refractivity (Wildman–Crippen MR) is 75.5 cm³/mol. The molecular formula is C15H25NO2. The van der Waals surface area contributed by atoms with E-state index in [9.17, 15) is 0 Å². The summed E-state index contributed by atoms with van der Waals surface area (Å²) in [5, 5.41) is 3.41. The fourth-order valence-electron chi connectivity index (χ4n) is 1.83. The molecule has 1 aromatic carbocycles. The normalized spacial score (nSPS) is 12.2. The van der Waals surface area contributed by atoms with E-state index in [1.807, 2.05) is 24.3 Å². The molecule has 102 valence electrons. The van der Waals surface area contributed by atoms with Gasteiger partial charge in [-0.1, -0.05) is 26.3 Å². The molecule has 1 N–H and O–H groups in total. The number of hydrogen-bond donors (Lipinski definition) is 1. The molecule has 1 atom stereocenters. The van der Waals surface area contributed by atoms with Crippen LogP contribution >= 0.6 is 0 Å². The van der Waals surface area contributed by atoms with Crippen LogP contribution < -0.4 is 14.8 Å². The molecule has 0 aliphatic rings. The molecule has 0 amide bonds. The van der Waals surface area contributed by atoms with E-state index in [-0.39, 0.29) is 6.10 Å². The topological polar surface area (TPSA) is 30.5 Å². The second kappa shape index (κ2) is 8.81. The lowest BCUT2D eigenvalue weighted by molar-refractivity contribution is 0.186. The summed E-state index contributed by atoms with van der Waals surface area (Å²) >= 11 is 0. The zero-order valence-electron chi connectivity index (χ0n) is 11.7. The van der Waals surface area contributed by atoms with Crippen LogP contribution in [-0.4, -0.2) is 26.3 Å². The third kappa shape index (κ3) is 5.41. The van der Waals surface area contributed by atoms with Gasteiger partial charge in [-0.2, -0.15) is 0 Å². The van der Waals surface area contributed by atoms with Gasteiger partial charge in [-0.3, -0.25) is 0 Å². The lowest BCUT2D eigenvalue weighted by atomic mass is 10.2. The first kappa shape index (κ1) is 14.8. The average molecular weight is 251 g/mol. The Morgan fingerprint density at radius 1 is 1.17 bits per heavy atom. The van der Waals surface area contributed by atoms with Gasteiger partial charge in [0.1, 0.15) is 17.6 Å². The highest BCUT2D eigenvalue weighted by Crippen LogP contribution is 2.20. The first-order valence-electron chi connectivity index (χ1n) is 6.81. The van der Waals surface area contributed by atoms with Crippen LogP contribution in [0.1, 0.15) is 33.1 Å². The monoisotopic (exact) mass is 251 g/mol. The van der Waals surface area contributed by atoms with Crippen molar-refractivity contribution in [1.29, 1.82) is 0 Å². The summed E-state index contributed by atoms with van der Waals surface area (Å²) in [4.78, 5) is 0. The highest BCUT2D eigenvalue weighted by molar-refractivity contribution is 5.32.